The van der Waals surface area contributed by atoms with Crippen LogP contribution in [0.4, 0.5) is 8.78 Å². The van der Waals surface area contributed by atoms with Crippen LogP contribution < -0.4 is 59.3 Å². The first-order valence-electron chi connectivity index (χ1n) is 43.8. The Hall–Kier alpha value is -13.0. The monoisotopic (exact) mass is 1850 g/mol. The lowest BCUT2D eigenvalue weighted by Crippen LogP contribution is -2.62. The standard InChI is InChI=1S/C92H119F2N17O20S/c1-9-10-25-71-91(130)111-47-59(114)42-74(111)87(126)104-68(43-78(117)118)84(123)106-79(51(4)5)92(131)108(7)72(38-52-19-13-11-14-20-52)85(124)100-64(32-33-95)89(128)110-46-58(113)41-73(110)86(125)103-67(40-56-44-97-63-24-18-17-23-60(56)63)83(122)102-66(36-54-26-29-57(112)30-27-54)82(121)101-65(34-50(2)3)81(120)105-70(80(119)98-45-76(96)115)48-132-49-77(116)99-69(37-55-28-31-61(93)62(94)35-55)88(127)109(8)75(90(129)107(71)6)39-53-21-15-12-16-22-53/h11-24,26-31,35,44,50-51,58-59,64-75,79,97,112-114H,9-10,25,32-34,36-43,45-49,95H2,1-8H3,(H2,96,115)(H,98,119)(H,99,116)(H,100,124)(H,101,121)(H,102,122)(H,103,125)(H,104,126)(H,105,120)(H,106,123)(H,117,118)/t58-,59-,64+,65-,66+,67+,68+,69-,70+,71+,72-,73-,74-,75+,79+/m1/s1. The van der Waals surface area contributed by atoms with Crippen molar-refractivity contribution in [3.05, 3.63) is 173 Å². The number of likely N-dealkylation sites (N-methyl/N-ethyl adjacent to an activating group) is 3. The summed E-state index contributed by atoms with van der Waals surface area (Å²) in [5.74, 6) is -21.8. The van der Waals surface area contributed by atoms with Gasteiger partial charge < -0.3 is 109 Å². The number of aromatic nitrogens is 1. The second-order valence-electron chi connectivity index (χ2n) is 34.3. The van der Waals surface area contributed by atoms with E-state index in [1.807, 2.05) is 0 Å². The van der Waals surface area contributed by atoms with Crippen LogP contribution in [0.15, 0.2) is 134 Å². The number of nitrogens with two attached hydrogens (primary N) is 2. The summed E-state index contributed by atoms with van der Waals surface area (Å²) in [7, 11) is 3.75. The Morgan fingerprint density at radius 3 is 1.62 bits per heavy atom. The minimum absolute atomic E-state index is 0.0256. The Morgan fingerprint density at radius 2 is 1.04 bits per heavy atom. The summed E-state index contributed by atoms with van der Waals surface area (Å²) in [5.41, 5.74) is 14.0. The van der Waals surface area contributed by atoms with E-state index >= 15 is 47.5 Å². The summed E-state index contributed by atoms with van der Waals surface area (Å²) in [6.45, 7) is 6.19. The van der Waals surface area contributed by atoms with Crippen LogP contribution in [0.2, 0.25) is 0 Å². The number of para-hydroxylation sites is 1. The van der Waals surface area contributed by atoms with Gasteiger partial charge in [-0.2, -0.15) is 0 Å². The number of fused-ring (bicyclic) bond motifs is 3. The summed E-state index contributed by atoms with van der Waals surface area (Å²) in [5, 5.41) is 67.7. The number of unbranched alkanes of at least 4 members (excludes halogenated alkanes) is 1. The van der Waals surface area contributed by atoms with Crippen molar-refractivity contribution in [1.29, 1.82) is 0 Å². The molecule has 0 aliphatic carbocycles. The number of nitrogens with one attached hydrogen (secondary N) is 10. The summed E-state index contributed by atoms with van der Waals surface area (Å²) >= 11 is 0.711. The molecule has 40 heteroatoms. The van der Waals surface area contributed by atoms with E-state index in [1.54, 1.807) is 112 Å². The second-order valence-corrected chi connectivity index (χ2v) is 35.3. The van der Waals surface area contributed by atoms with Gasteiger partial charge in [-0.25, -0.2) is 8.78 Å². The molecule has 0 bridgehead atoms. The average molecular weight is 1850 g/mol. The van der Waals surface area contributed by atoms with Crippen LogP contribution in [0.3, 0.4) is 0 Å². The first-order valence-corrected chi connectivity index (χ1v) is 45.0. The number of carbonyl (C=O) groups is 16. The third-order valence-electron chi connectivity index (χ3n) is 23.5. The Kier molecular flexibility index (Phi) is 37.6. The van der Waals surface area contributed by atoms with E-state index in [1.165, 1.54) is 59.3 Å². The lowest BCUT2D eigenvalue weighted by molar-refractivity contribution is -0.152. The number of amides is 15. The fraction of sp³-hybridized carbons (Fsp3) is 0.478. The first kappa shape index (κ1) is 103. The average Bonchev–Trinajstić information content (AvgIpc) is 1.72. The molecule has 3 aliphatic rings. The molecule has 1 aromatic heterocycles. The number of rotatable bonds is 23. The smallest absolute Gasteiger partial charge is 0.305 e. The van der Waals surface area contributed by atoms with Crippen molar-refractivity contribution in [3.8, 4) is 5.75 Å². The molecule has 0 spiro atoms. The molecule has 3 fully saturated rings. The number of aliphatic carboxylic acids is 1. The minimum Gasteiger partial charge on any atom is -0.508 e. The minimum atomic E-state index is -2.02. The summed E-state index contributed by atoms with van der Waals surface area (Å²) in [4.78, 5) is 245. The maximum atomic E-state index is 15.7. The number of hydrogen-bond acceptors (Lipinski definition) is 21. The number of primary amides is 1. The number of hydrogen-bond donors (Lipinski definition) is 16. The molecular weight excluding hydrogens is 1730 g/mol. The number of carboxylic acid groups (broad SMARTS) is 1. The maximum absolute atomic E-state index is 15.7. The molecule has 0 radical (unpaired) electrons. The Balaban J connectivity index is 1.13. The molecule has 0 saturated carbocycles. The molecule has 15 atom stereocenters. The fourth-order valence-corrected chi connectivity index (χ4v) is 17.2. The van der Waals surface area contributed by atoms with Crippen LogP contribution in [-0.4, -0.2) is 294 Å². The SMILES string of the molecule is CCCC[C@H]1C(=O)N2C[C@H](O)C[C@@H]2C(=O)N[C@@H](CC(=O)O)C(=O)N[C@@H](C(C)C)C(=O)N(C)[C@H](Cc2ccccc2)C(=O)N[C@@H](CCN)C(=O)N2C[C@H](O)C[C@@H]2C(=O)N[C@@H](Cc2c[nH]c3ccccc23)C(=O)N[C@@H](Cc2ccc(O)cc2)C(=O)N[C@H](CC(C)C)C(=O)N[C@H](C(=O)NCC(N)=O)CSCC(=O)N[C@H](Cc2ccc(F)c(F)c2)C(=O)N(C)[C@@H](Cc2ccccc2)C(=O)N1C. The normalized spacial score (nSPS) is 24.8. The molecule has 15 amide bonds. The zero-order valence-electron chi connectivity index (χ0n) is 74.8. The lowest BCUT2D eigenvalue weighted by atomic mass is 9.98. The molecule has 0 unspecified atom stereocenters. The van der Waals surface area contributed by atoms with Gasteiger partial charge in [-0.15, -0.1) is 11.8 Å². The molecule has 37 nitrogen and oxygen atoms in total. The van der Waals surface area contributed by atoms with Crippen LogP contribution >= 0.6 is 11.8 Å². The van der Waals surface area contributed by atoms with Gasteiger partial charge in [-0.05, 0) is 95.8 Å². The van der Waals surface area contributed by atoms with Crippen LogP contribution in [0.5, 0.6) is 5.75 Å². The van der Waals surface area contributed by atoms with Gasteiger partial charge in [0.25, 0.3) is 0 Å². The number of H-pyrrole nitrogens is 1. The van der Waals surface area contributed by atoms with Gasteiger partial charge in [0.15, 0.2) is 11.6 Å². The highest BCUT2D eigenvalue weighted by Gasteiger charge is 2.48. The summed E-state index contributed by atoms with van der Waals surface area (Å²) < 4.78 is 29.8. The van der Waals surface area contributed by atoms with Gasteiger partial charge in [-0.1, -0.05) is 145 Å². The van der Waals surface area contributed by atoms with Crippen molar-refractivity contribution in [2.75, 3.05) is 58.8 Å². The zero-order chi connectivity index (χ0) is 96.5. The van der Waals surface area contributed by atoms with E-state index in [0.29, 0.717) is 51.3 Å². The zero-order valence-corrected chi connectivity index (χ0v) is 75.6. The van der Waals surface area contributed by atoms with Crippen molar-refractivity contribution in [1.82, 2.24) is 77.3 Å². The summed E-state index contributed by atoms with van der Waals surface area (Å²) in [6.07, 6.45) is -4.87. The molecule has 132 heavy (non-hydrogen) atoms. The number of benzene rings is 5. The largest absolute Gasteiger partial charge is 0.508 e. The predicted molar refractivity (Wildman–Crippen MR) is 481 cm³/mol. The molecule has 4 heterocycles. The van der Waals surface area contributed by atoms with E-state index in [4.69, 9.17) is 11.5 Å². The van der Waals surface area contributed by atoms with Crippen molar-refractivity contribution in [2.24, 2.45) is 23.3 Å². The number of carbonyl (C=O) groups excluding carboxylic acids is 15. The number of aliphatic hydroxyl groups excluding tert-OH is 2. The van der Waals surface area contributed by atoms with E-state index in [9.17, 15) is 58.4 Å². The van der Waals surface area contributed by atoms with Crippen molar-refractivity contribution >= 4 is 117 Å². The van der Waals surface area contributed by atoms with Gasteiger partial charge in [0.2, 0.25) is 88.6 Å². The van der Waals surface area contributed by atoms with Gasteiger partial charge in [-0.3, -0.25) is 76.7 Å². The third kappa shape index (κ3) is 28.3. The van der Waals surface area contributed by atoms with Gasteiger partial charge in [0.1, 0.15) is 84.3 Å². The number of nitrogens with zero attached hydrogens (tertiary/aromatic N) is 5. The van der Waals surface area contributed by atoms with Crippen molar-refractivity contribution < 1.29 is 106 Å². The first-order chi connectivity index (χ1) is 62.7. The van der Waals surface area contributed by atoms with E-state index < -0.39 is 266 Å². The van der Waals surface area contributed by atoms with Gasteiger partial charge >= 0.3 is 5.97 Å². The Labute approximate surface area is 766 Å². The topological polar surface area (TPSA) is 546 Å². The van der Waals surface area contributed by atoms with Gasteiger partial charge in [0, 0.05) is 102 Å². The molecule has 3 aliphatic heterocycles. The molecular formula is C92H119F2N17O20S. The highest BCUT2D eigenvalue weighted by molar-refractivity contribution is 8.00. The maximum Gasteiger partial charge on any atom is 0.305 e. The summed E-state index contributed by atoms with van der Waals surface area (Å²) in [6, 6.07) is 10.4. The molecule has 6 aromatic rings. The number of aliphatic hydroxyl groups is 2. The molecule has 712 valence electrons. The second kappa shape index (κ2) is 48.3. The van der Waals surface area contributed by atoms with E-state index in [0.717, 1.165) is 42.7 Å². The van der Waals surface area contributed by atoms with Crippen LogP contribution in [0, 0.1) is 23.5 Å². The van der Waals surface area contributed by atoms with Gasteiger partial charge in [0.05, 0.1) is 30.9 Å². The number of phenols is 1. The molecule has 5 aromatic carbocycles. The number of carboxylic acids is 1. The molecule has 3 saturated heterocycles. The van der Waals surface area contributed by atoms with Crippen LogP contribution in [0.25, 0.3) is 10.9 Å². The van der Waals surface area contributed by atoms with E-state index in [-0.39, 0.29) is 69.2 Å². The number of thioether (sulfide) groups is 1. The van der Waals surface area contributed by atoms with Crippen LogP contribution in [0.1, 0.15) is 114 Å². The van der Waals surface area contributed by atoms with Crippen LogP contribution in [-0.2, 0) is 109 Å². The predicted octanol–water partition coefficient (Wildman–Crippen LogP) is 0.0121. The number of aromatic amines is 1. The lowest BCUT2D eigenvalue weighted by Gasteiger charge is -2.38. The van der Waals surface area contributed by atoms with E-state index in [2.05, 4.69) is 52.8 Å². The number of phenolic OH excluding ortho intramolecular Hbond substituents is 1. The Bertz CT molecular complexity index is 5120. The van der Waals surface area contributed by atoms with Crippen molar-refractivity contribution in [2.45, 2.75) is 209 Å². The molecule has 18 N–H and O–H groups in total. The van der Waals surface area contributed by atoms with Crippen molar-refractivity contribution in [3.63, 3.8) is 0 Å². The Morgan fingerprint density at radius 1 is 0.523 bits per heavy atom. The number of aromatic hydroxyl groups is 1. The third-order valence-corrected chi connectivity index (χ3v) is 24.5. The highest BCUT2D eigenvalue weighted by Crippen LogP contribution is 2.29. The number of halogens is 2. The highest BCUT2D eigenvalue weighted by atomic mass is 32.2. The molecule has 9 rings (SSSR count). The quantitative estimate of drug-likeness (QED) is 0.0402. The fourth-order valence-electron chi connectivity index (χ4n) is 16.3.